The second-order valence-corrected chi connectivity index (χ2v) is 13.0. The topological polar surface area (TPSA) is 143 Å². The molecule has 0 radical (unpaired) electrons. The zero-order chi connectivity index (χ0) is 28.0. The summed E-state index contributed by atoms with van der Waals surface area (Å²) in [6.45, 7) is 10.8. The highest BCUT2D eigenvalue weighted by atomic mass is 31.2. The monoisotopic (exact) mass is 546 g/mol. The smallest absolute Gasteiger partial charge is 0.323 e. The molecule has 10 nitrogen and oxygen atoms in total. The maximum atomic E-state index is 13.5. The van der Waals surface area contributed by atoms with Gasteiger partial charge in [-0.15, -0.1) is 0 Å². The van der Waals surface area contributed by atoms with E-state index in [9.17, 15) is 28.6 Å². The van der Waals surface area contributed by atoms with Gasteiger partial charge in [-0.1, -0.05) is 13.8 Å². The number of esters is 4. The molecule has 0 saturated heterocycles. The maximum absolute atomic E-state index is 13.5. The van der Waals surface area contributed by atoms with Gasteiger partial charge < -0.3 is 23.8 Å². The van der Waals surface area contributed by atoms with Crippen LogP contribution in [-0.4, -0.2) is 67.5 Å². The molecule has 2 aliphatic rings. The van der Waals surface area contributed by atoms with Crippen LogP contribution < -0.4 is 0 Å². The highest BCUT2D eigenvalue weighted by molar-refractivity contribution is 7.58. The Morgan fingerprint density at radius 2 is 0.919 bits per heavy atom. The van der Waals surface area contributed by atoms with E-state index in [1.807, 2.05) is 13.8 Å². The third kappa shape index (κ3) is 6.75. The zero-order valence-corrected chi connectivity index (χ0v) is 23.8. The fourth-order valence-corrected chi connectivity index (χ4v) is 8.70. The third-order valence-corrected chi connectivity index (χ3v) is 9.96. The first-order chi connectivity index (χ1) is 17.3. The summed E-state index contributed by atoms with van der Waals surface area (Å²) in [6.07, 6.45) is 0.361. The van der Waals surface area contributed by atoms with Gasteiger partial charge in [0.2, 0.25) is 7.37 Å². The van der Waals surface area contributed by atoms with Gasteiger partial charge in [0.25, 0.3) is 0 Å². The number of ether oxygens (including phenoxy) is 4. The number of hydrogen-bond donors (Lipinski definition) is 1. The standard InChI is InChI=1S/C26H43O10P/c1-7-33-21(27)25(22(28)34-8-2)11-17(5)19(13-25)15-37(31,32)16-20-14-26(12-18(20)6,23(29)35-9-3)24(30)36-10-4/h17-20H,7-16H2,1-6H3,(H,31,32). The van der Waals surface area contributed by atoms with Gasteiger partial charge in [-0.25, -0.2) is 0 Å². The summed E-state index contributed by atoms with van der Waals surface area (Å²) in [5, 5.41) is 0. The van der Waals surface area contributed by atoms with Crippen molar-refractivity contribution in [1.82, 2.24) is 0 Å². The normalized spacial score (nSPS) is 27.6. The van der Waals surface area contributed by atoms with E-state index in [0.29, 0.717) is 0 Å². The van der Waals surface area contributed by atoms with Crippen molar-refractivity contribution in [1.29, 1.82) is 0 Å². The molecule has 0 aliphatic heterocycles. The Bertz CT molecular complexity index is 796. The molecule has 4 atom stereocenters. The van der Waals surface area contributed by atoms with E-state index in [1.54, 1.807) is 27.7 Å². The Morgan fingerprint density at radius 1 is 0.649 bits per heavy atom. The van der Waals surface area contributed by atoms with Gasteiger partial charge in [-0.2, -0.15) is 0 Å². The van der Waals surface area contributed by atoms with Crippen LogP contribution in [0.4, 0.5) is 0 Å². The first-order valence-electron chi connectivity index (χ1n) is 13.3. The third-order valence-electron chi connectivity index (χ3n) is 7.88. The molecule has 2 saturated carbocycles. The summed E-state index contributed by atoms with van der Waals surface area (Å²) in [6, 6.07) is 0. The van der Waals surface area contributed by atoms with Crippen LogP contribution in [-0.2, 0) is 42.7 Å². The molecule has 2 aliphatic carbocycles. The molecule has 11 heteroatoms. The molecular formula is C26H43O10P. The lowest BCUT2D eigenvalue weighted by atomic mass is 9.85. The fourth-order valence-electron chi connectivity index (χ4n) is 6.10. The molecule has 2 rings (SSSR count). The molecule has 0 aromatic heterocycles. The number of carbonyl (C=O) groups excluding carboxylic acids is 4. The Hall–Kier alpha value is -1.93. The molecule has 2 fully saturated rings. The molecule has 0 amide bonds. The Balaban J connectivity index is 2.21. The van der Waals surface area contributed by atoms with Crippen molar-refractivity contribution >= 4 is 31.2 Å². The molecule has 0 aromatic rings. The average molecular weight is 547 g/mol. The van der Waals surface area contributed by atoms with E-state index < -0.39 is 42.1 Å². The van der Waals surface area contributed by atoms with Crippen LogP contribution in [0.3, 0.4) is 0 Å². The number of rotatable bonds is 12. The van der Waals surface area contributed by atoms with E-state index in [4.69, 9.17) is 18.9 Å². The van der Waals surface area contributed by atoms with Crippen molar-refractivity contribution in [2.75, 3.05) is 38.8 Å². The van der Waals surface area contributed by atoms with E-state index in [2.05, 4.69) is 0 Å². The van der Waals surface area contributed by atoms with E-state index in [-0.39, 0.29) is 88.1 Å². The van der Waals surface area contributed by atoms with Crippen LogP contribution in [0.15, 0.2) is 0 Å². The van der Waals surface area contributed by atoms with Crippen molar-refractivity contribution in [3.05, 3.63) is 0 Å². The van der Waals surface area contributed by atoms with Crippen LogP contribution >= 0.6 is 7.37 Å². The van der Waals surface area contributed by atoms with Gasteiger partial charge in [-0.3, -0.25) is 23.7 Å². The van der Waals surface area contributed by atoms with Crippen LogP contribution in [0.2, 0.25) is 0 Å². The van der Waals surface area contributed by atoms with Gasteiger partial charge in [-0.05, 0) is 77.0 Å². The molecule has 212 valence electrons. The van der Waals surface area contributed by atoms with Crippen molar-refractivity contribution < 1.29 is 47.6 Å². The quantitative estimate of drug-likeness (QED) is 0.167. The summed E-state index contributed by atoms with van der Waals surface area (Å²) in [5.74, 6) is -3.76. The Labute approximate surface area is 219 Å². The lowest BCUT2D eigenvalue weighted by Gasteiger charge is -2.26. The van der Waals surface area contributed by atoms with Crippen molar-refractivity contribution in [2.45, 2.75) is 67.2 Å². The largest absolute Gasteiger partial charge is 0.465 e. The van der Waals surface area contributed by atoms with Gasteiger partial charge >= 0.3 is 23.9 Å². The van der Waals surface area contributed by atoms with Crippen molar-refractivity contribution in [2.24, 2.45) is 34.5 Å². The van der Waals surface area contributed by atoms with E-state index >= 15 is 0 Å². The molecular weight excluding hydrogens is 503 g/mol. The molecule has 37 heavy (non-hydrogen) atoms. The van der Waals surface area contributed by atoms with E-state index in [1.165, 1.54) is 0 Å². The fraction of sp³-hybridized carbons (Fsp3) is 0.846. The maximum Gasteiger partial charge on any atom is 0.323 e. The van der Waals surface area contributed by atoms with Crippen molar-refractivity contribution in [3.8, 4) is 0 Å². The summed E-state index contributed by atoms with van der Waals surface area (Å²) >= 11 is 0. The Kier molecular flexibility index (Phi) is 10.8. The SMILES string of the molecule is CCOC(=O)C1(C(=O)OCC)CC(C)C(CP(=O)(O)CC2CC(C(=O)OCC)(C(=O)OCC)CC2C)C1. The van der Waals surface area contributed by atoms with Crippen molar-refractivity contribution in [3.63, 3.8) is 0 Å². The molecule has 0 bridgehead atoms. The second-order valence-electron chi connectivity index (χ2n) is 10.5. The first-order valence-corrected chi connectivity index (χ1v) is 15.3. The number of hydrogen-bond acceptors (Lipinski definition) is 9. The van der Waals surface area contributed by atoms with Gasteiger partial charge in [0.1, 0.15) is 0 Å². The second kappa shape index (κ2) is 12.7. The summed E-state index contributed by atoms with van der Waals surface area (Å²) in [5.41, 5.74) is -2.97. The van der Waals surface area contributed by atoms with E-state index in [0.717, 1.165) is 0 Å². The molecule has 4 unspecified atom stereocenters. The lowest BCUT2D eigenvalue weighted by Crippen LogP contribution is -2.40. The molecule has 0 aromatic carbocycles. The predicted octanol–water partition coefficient (Wildman–Crippen LogP) is 3.57. The van der Waals surface area contributed by atoms with Gasteiger partial charge in [0.15, 0.2) is 10.8 Å². The minimum absolute atomic E-state index is 0.0756. The summed E-state index contributed by atoms with van der Waals surface area (Å²) in [4.78, 5) is 62.4. The minimum atomic E-state index is -3.77. The van der Waals surface area contributed by atoms with Crippen LogP contribution in [0, 0.1) is 34.5 Å². The molecule has 0 heterocycles. The lowest BCUT2D eigenvalue weighted by molar-refractivity contribution is -0.173. The van der Waals surface area contributed by atoms with Gasteiger partial charge in [0, 0.05) is 12.3 Å². The molecule has 1 N–H and O–H groups in total. The van der Waals surface area contributed by atoms with Gasteiger partial charge in [0.05, 0.1) is 26.4 Å². The first kappa shape index (κ1) is 31.3. The highest BCUT2D eigenvalue weighted by Crippen LogP contribution is 2.58. The molecule has 0 spiro atoms. The summed E-state index contributed by atoms with van der Waals surface area (Å²) in [7, 11) is -3.77. The Morgan fingerprint density at radius 3 is 1.16 bits per heavy atom. The van der Waals surface area contributed by atoms with Crippen LogP contribution in [0.5, 0.6) is 0 Å². The van der Waals surface area contributed by atoms with Crippen LogP contribution in [0.25, 0.3) is 0 Å². The zero-order valence-electron chi connectivity index (χ0n) is 22.9. The summed E-state index contributed by atoms with van der Waals surface area (Å²) < 4.78 is 34.3. The average Bonchev–Trinajstić information content (AvgIpc) is 3.32. The van der Waals surface area contributed by atoms with Crippen LogP contribution in [0.1, 0.15) is 67.2 Å². The highest BCUT2D eigenvalue weighted by Gasteiger charge is 2.59. The predicted molar refractivity (Wildman–Crippen MR) is 135 cm³/mol. The minimum Gasteiger partial charge on any atom is -0.465 e. The number of carbonyl (C=O) groups is 4.